The van der Waals surface area contributed by atoms with Crippen molar-refractivity contribution in [3.05, 3.63) is 30.5 Å². The van der Waals surface area contributed by atoms with E-state index >= 15 is 0 Å². The van der Waals surface area contributed by atoms with E-state index in [1.807, 2.05) is 12.1 Å². The first-order valence-electron chi connectivity index (χ1n) is 4.88. The van der Waals surface area contributed by atoms with Crippen molar-refractivity contribution >= 4 is 5.82 Å². The van der Waals surface area contributed by atoms with Crippen LogP contribution in [0.15, 0.2) is 29.2 Å². The molecule has 2 aromatic heterocycles. The summed E-state index contributed by atoms with van der Waals surface area (Å²) in [6.07, 6.45) is 3.73. The number of rotatable bonds is 5. The van der Waals surface area contributed by atoms with Gasteiger partial charge in [0.25, 0.3) is 0 Å². The van der Waals surface area contributed by atoms with Crippen molar-refractivity contribution in [3.8, 4) is 5.75 Å². The van der Waals surface area contributed by atoms with E-state index in [9.17, 15) is 0 Å². The van der Waals surface area contributed by atoms with Gasteiger partial charge in [-0.15, -0.1) is 0 Å². The fourth-order valence-electron chi connectivity index (χ4n) is 1.21. The maximum Gasteiger partial charge on any atom is 0.228 e. The van der Waals surface area contributed by atoms with Gasteiger partial charge in [-0.2, -0.15) is 4.98 Å². The highest BCUT2D eigenvalue weighted by molar-refractivity contribution is 5.37. The molecule has 0 atom stereocenters. The van der Waals surface area contributed by atoms with Crippen LogP contribution in [0.1, 0.15) is 5.89 Å². The van der Waals surface area contributed by atoms with Crippen LogP contribution in [0, 0.1) is 0 Å². The fourth-order valence-corrected chi connectivity index (χ4v) is 1.21. The lowest BCUT2D eigenvalue weighted by Crippen LogP contribution is -2.06. The van der Waals surface area contributed by atoms with Crippen LogP contribution in [-0.2, 0) is 6.42 Å². The minimum atomic E-state index is 0.612. The lowest BCUT2D eigenvalue weighted by Gasteiger charge is -2.04. The topological polar surface area (TPSA) is 73.1 Å². The Morgan fingerprint density at radius 3 is 2.94 bits per heavy atom. The van der Waals surface area contributed by atoms with Gasteiger partial charge in [0, 0.05) is 13.0 Å². The van der Waals surface area contributed by atoms with Crippen molar-refractivity contribution in [1.29, 1.82) is 0 Å². The standard InChI is InChI=1S/C10H12N4O2/c1-15-8-2-3-9(12-6-8)11-5-4-10-13-7-14-16-10/h2-3,6-7H,4-5H2,1H3,(H,11,12). The summed E-state index contributed by atoms with van der Waals surface area (Å²) in [7, 11) is 1.61. The molecular weight excluding hydrogens is 208 g/mol. The molecule has 1 N–H and O–H groups in total. The summed E-state index contributed by atoms with van der Waals surface area (Å²) >= 11 is 0. The van der Waals surface area contributed by atoms with Crippen LogP contribution < -0.4 is 10.1 Å². The van der Waals surface area contributed by atoms with Crippen molar-refractivity contribution < 1.29 is 9.26 Å². The second-order valence-corrected chi connectivity index (χ2v) is 3.10. The van der Waals surface area contributed by atoms with Crippen LogP contribution in [0.2, 0.25) is 0 Å². The van der Waals surface area contributed by atoms with E-state index in [0.29, 0.717) is 18.9 Å². The Morgan fingerprint density at radius 1 is 1.38 bits per heavy atom. The van der Waals surface area contributed by atoms with E-state index in [0.717, 1.165) is 11.6 Å². The molecule has 16 heavy (non-hydrogen) atoms. The molecule has 2 heterocycles. The lowest BCUT2D eigenvalue weighted by atomic mass is 10.4. The van der Waals surface area contributed by atoms with Gasteiger partial charge in [-0.05, 0) is 12.1 Å². The molecule has 0 bridgehead atoms. The minimum absolute atomic E-state index is 0.612. The average Bonchev–Trinajstić information content (AvgIpc) is 2.83. The van der Waals surface area contributed by atoms with Gasteiger partial charge >= 0.3 is 0 Å². The zero-order chi connectivity index (χ0) is 11.2. The van der Waals surface area contributed by atoms with Gasteiger partial charge in [-0.3, -0.25) is 0 Å². The molecule has 0 aliphatic heterocycles. The first kappa shape index (κ1) is 10.4. The van der Waals surface area contributed by atoms with Gasteiger partial charge in [0.1, 0.15) is 11.6 Å². The molecule has 0 aromatic carbocycles. The zero-order valence-corrected chi connectivity index (χ0v) is 8.88. The largest absolute Gasteiger partial charge is 0.495 e. The normalized spacial score (nSPS) is 10.1. The number of nitrogens with zero attached hydrogens (tertiary/aromatic N) is 3. The van der Waals surface area contributed by atoms with E-state index in [4.69, 9.17) is 9.26 Å². The number of anilines is 1. The van der Waals surface area contributed by atoms with Crippen LogP contribution in [0.25, 0.3) is 0 Å². The number of ether oxygens (including phenoxy) is 1. The predicted octanol–water partition coefficient (Wildman–Crippen LogP) is 1.13. The molecule has 6 nitrogen and oxygen atoms in total. The van der Waals surface area contributed by atoms with Crippen molar-refractivity contribution in [2.45, 2.75) is 6.42 Å². The molecular formula is C10H12N4O2. The van der Waals surface area contributed by atoms with Crippen molar-refractivity contribution in [2.24, 2.45) is 0 Å². The Labute approximate surface area is 92.7 Å². The van der Waals surface area contributed by atoms with Crippen LogP contribution in [0.4, 0.5) is 5.82 Å². The number of hydrogen-bond acceptors (Lipinski definition) is 6. The third kappa shape index (κ3) is 2.69. The summed E-state index contributed by atoms with van der Waals surface area (Å²) < 4.78 is 9.88. The maximum atomic E-state index is 5.01. The van der Waals surface area contributed by atoms with Gasteiger partial charge in [0.15, 0.2) is 6.33 Å². The summed E-state index contributed by atoms with van der Waals surface area (Å²) in [4.78, 5) is 8.08. The summed E-state index contributed by atoms with van der Waals surface area (Å²) in [6.45, 7) is 0.696. The quantitative estimate of drug-likeness (QED) is 0.814. The van der Waals surface area contributed by atoms with E-state index < -0.39 is 0 Å². The first-order chi connectivity index (χ1) is 7.88. The first-order valence-corrected chi connectivity index (χ1v) is 4.88. The summed E-state index contributed by atoms with van der Waals surface area (Å²) in [5, 5.41) is 6.66. The number of nitrogens with one attached hydrogen (secondary N) is 1. The third-order valence-electron chi connectivity index (χ3n) is 2.02. The van der Waals surface area contributed by atoms with Gasteiger partial charge in [0.2, 0.25) is 5.89 Å². The van der Waals surface area contributed by atoms with Crippen LogP contribution in [-0.4, -0.2) is 28.8 Å². The second kappa shape index (κ2) is 5.11. The third-order valence-corrected chi connectivity index (χ3v) is 2.02. The Bertz CT molecular complexity index is 413. The zero-order valence-electron chi connectivity index (χ0n) is 8.88. The lowest BCUT2D eigenvalue weighted by molar-refractivity contribution is 0.379. The number of hydrogen-bond donors (Lipinski definition) is 1. The SMILES string of the molecule is COc1ccc(NCCc2ncno2)nc1. The smallest absolute Gasteiger partial charge is 0.228 e. The Balaban J connectivity index is 1.81. The molecule has 2 aromatic rings. The number of methoxy groups -OCH3 is 1. The minimum Gasteiger partial charge on any atom is -0.495 e. The van der Waals surface area contributed by atoms with Crippen LogP contribution >= 0.6 is 0 Å². The van der Waals surface area contributed by atoms with E-state index in [-0.39, 0.29) is 0 Å². The molecule has 0 amide bonds. The Hall–Kier alpha value is -2.11. The van der Waals surface area contributed by atoms with Crippen LogP contribution in [0.3, 0.4) is 0 Å². The van der Waals surface area contributed by atoms with Gasteiger partial charge < -0.3 is 14.6 Å². The second-order valence-electron chi connectivity index (χ2n) is 3.10. The average molecular weight is 220 g/mol. The van der Waals surface area contributed by atoms with Gasteiger partial charge in [-0.1, -0.05) is 5.16 Å². The van der Waals surface area contributed by atoms with Crippen molar-refractivity contribution in [2.75, 3.05) is 19.0 Å². The Morgan fingerprint density at radius 2 is 2.31 bits per heavy atom. The molecule has 0 aliphatic carbocycles. The highest BCUT2D eigenvalue weighted by atomic mass is 16.5. The highest BCUT2D eigenvalue weighted by Gasteiger charge is 1.99. The van der Waals surface area contributed by atoms with E-state index in [1.165, 1.54) is 6.33 Å². The molecule has 84 valence electrons. The molecule has 0 unspecified atom stereocenters. The summed E-state index contributed by atoms with van der Waals surface area (Å²) in [5.41, 5.74) is 0. The van der Waals surface area contributed by atoms with Crippen LogP contribution in [0.5, 0.6) is 5.75 Å². The van der Waals surface area contributed by atoms with Gasteiger partial charge in [0.05, 0.1) is 13.3 Å². The monoisotopic (exact) mass is 220 g/mol. The molecule has 0 spiro atoms. The highest BCUT2D eigenvalue weighted by Crippen LogP contribution is 2.10. The molecule has 0 saturated heterocycles. The molecule has 2 rings (SSSR count). The predicted molar refractivity (Wildman–Crippen MR) is 57.3 cm³/mol. The molecule has 6 heteroatoms. The number of aromatic nitrogens is 3. The van der Waals surface area contributed by atoms with Crippen molar-refractivity contribution in [3.63, 3.8) is 0 Å². The summed E-state index contributed by atoms with van der Waals surface area (Å²) in [5.74, 6) is 2.14. The number of pyridine rings is 1. The summed E-state index contributed by atoms with van der Waals surface area (Å²) in [6, 6.07) is 3.70. The van der Waals surface area contributed by atoms with E-state index in [2.05, 4.69) is 20.4 Å². The van der Waals surface area contributed by atoms with Crippen molar-refractivity contribution in [1.82, 2.24) is 15.1 Å². The molecule has 0 radical (unpaired) electrons. The fraction of sp³-hybridized carbons (Fsp3) is 0.300. The van der Waals surface area contributed by atoms with Gasteiger partial charge in [-0.25, -0.2) is 4.98 Å². The molecule has 0 aliphatic rings. The maximum absolute atomic E-state index is 5.01. The Kier molecular flexibility index (Phi) is 3.32. The van der Waals surface area contributed by atoms with E-state index in [1.54, 1.807) is 13.3 Å². The molecule has 0 saturated carbocycles. The molecule has 0 fully saturated rings.